The molecule has 0 unspecified atom stereocenters. The van der Waals surface area contributed by atoms with E-state index in [0.29, 0.717) is 24.0 Å². The van der Waals surface area contributed by atoms with Gasteiger partial charge in [0.2, 0.25) is 0 Å². The van der Waals surface area contributed by atoms with E-state index < -0.39 is 6.29 Å². The van der Waals surface area contributed by atoms with Crippen LogP contribution in [0, 0.1) is 39.4 Å². The van der Waals surface area contributed by atoms with Crippen LogP contribution in [0.5, 0.6) is 0 Å². The summed E-state index contributed by atoms with van der Waals surface area (Å²) in [5, 5.41) is 11.1. The number of ketones is 1. The van der Waals surface area contributed by atoms with Gasteiger partial charge in [0, 0.05) is 23.2 Å². The molecule has 35 heavy (non-hydrogen) atoms. The van der Waals surface area contributed by atoms with Gasteiger partial charge in [0.15, 0.2) is 6.29 Å². The van der Waals surface area contributed by atoms with Gasteiger partial charge in [-0.15, -0.1) is 0 Å². The maximum absolute atomic E-state index is 12.9. The maximum atomic E-state index is 12.9. The molecule has 5 heteroatoms. The summed E-state index contributed by atoms with van der Waals surface area (Å²) in [6.45, 7) is 16.0. The van der Waals surface area contributed by atoms with Gasteiger partial charge in [-0.3, -0.25) is 4.79 Å². The minimum atomic E-state index is -0.707. The van der Waals surface area contributed by atoms with Gasteiger partial charge in [0.25, 0.3) is 0 Å². The SMILES string of the molecule is CC1(C)O[C@@H]1[C@H]1C[C@@H]([C@@H]2CC[C@@]3(C)[C@@]2(C)CC=C2[C@]34O[C@H]4C[C@@H]3C(C)(C)C(=O)CC[C@]23C)[C@@H](O)O1. The van der Waals surface area contributed by atoms with Crippen molar-refractivity contribution in [2.45, 2.75) is 129 Å². The predicted molar refractivity (Wildman–Crippen MR) is 131 cm³/mol. The lowest BCUT2D eigenvalue weighted by Crippen LogP contribution is -2.61. The number of aliphatic hydroxyl groups is 1. The zero-order valence-electron chi connectivity index (χ0n) is 22.6. The molecule has 3 aliphatic heterocycles. The first kappa shape index (κ1) is 23.4. The molecular formula is C30H44O5. The van der Waals surface area contributed by atoms with Crippen molar-refractivity contribution >= 4 is 5.78 Å². The number of fused-ring (bicyclic) bond motifs is 3. The number of hydrogen-bond donors (Lipinski definition) is 1. The Morgan fingerprint density at radius 3 is 2.40 bits per heavy atom. The molecule has 6 fully saturated rings. The quantitative estimate of drug-likeness (QED) is 0.431. The molecule has 11 atom stereocenters. The summed E-state index contributed by atoms with van der Waals surface area (Å²) in [4.78, 5) is 12.9. The summed E-state index contributed by atoms with van der Waals surface area (Å²) < 4.78 is 18.9. The highest BCUT2D eigenvalue weighted by atomic mass is 16.7. The Morgan fingerprint density at radius 1 is 1.00 bits per heavy atom. The molecule has 7 aliphatic rings. The van der Waals surface area contributed by atoms with Gasteiger partial charge in [0.05, 0.1) is 17.8 Å². The minimum Gasteiger partial charge on any atom is -0.368 e. The molecule has 0 aromatic rings. The normalized spacial score (nSPS) is 59.1. The molecule has 1 spiro atoms. The van der Waals surface area contributed by atoms with E-state index in [1.165, 1.54) is 5.57 Å². The van der Waals surface area contributed by atoms with Crippen LogP contribution in [-0.4, -0.2) is 46.7 Å². The maximum Gasteiger partial charge on any atom is 0.158 e. The van der Waals surface area contributed by atoms with Crippen LogP contribution in [0.25, 0.3) is 0 Å². The van der Waals surface area contributed by atoms with E-state index in [2.05, 4.69) is 54.5 Å². The average molecular weight is 485 g/mol. The van der Waals surface area contributed by atoms with Crippen molar-refractivity contribution in [1.29, 1.82) is 0 Å². The molecule has 0 aromatic carbocycles. The first-order valence-electron chi connectivity index (χ1n) is 14.2. The molecule has 3 heterocycles. The fourth-order valence-corrected chi connectivity index (χ4v) is 10.7. The van der Waals surface area contributed by atoms with Crippen LogP contribution < -0.4 is 0 Å². The fraction of sp³-hybridized carbons (Fsp3) is 0.900. The molecule has 1 N–H and O–H groups in total. The summed E-state index contributed by atoms with van der Waals surface area (Å²) >= 11 is 0. The molecule has 7 rings (SSSR count). The molecule has 3 saturated carbocycles. The van der Waals surface area contributed by atoms with E-state index in [9.17, 15) is 9.90 Å². The number of carbonyl (C=O) groups excluding carboxylic acids is 1. The first-order valence-corrected chi connectivity index (χ1v) is 14.2. The van der Waals surface area contributed by atoms with E-state index in [0.717, 1.165) is 38.5 Å². The number of hydrogen-bond acceptors (Lipinski definition) is 5. The van der Waals surface area contributed by atoms with Crippen molar-refractivity contribution in [1.82, 2.24) is 0 Å². The average Bonchev–Trinajstić information content (AvgIpc) is 3.57. The van der Waals surface area contributed by atoms with Crippen LogP contribution in [0.2, 0.25) is 0 Å². The molecule has 3 saturated heterocycles. The largest absolute Gasteiger partial charge is 0.368 e. The lowest BCUT2D eigenvalue weighted by atomic mass is 9.41. The zero-order valence-corrected chi connectivity index (χ0v) is 22.6. The Labute approximate surface area is 210 Å². The van der Waals surface area contributed by atoms with Crippen LogP contribution in [0.3, 0.4) is 0 Å². The van der Waals surface area contributed by atoms with Crippen molar-refractivity contribution in [3.63, 3.8) is 0 Å². The highest BCUT2D eigenvalue weighted by Crippen LogP contribution is 2.80. The molecule has 0 aromatic heterocycles. The van der Waals surface area contributed by atoms with E-state index in [1.54, 1.807) is 0 Å². The Morgan fingerprint density at radius 2 is 1.71 bits per heavy atom. The molecule has 194 valence electrons. The molecule has 5 nitrogen and oxygen atoms in total. The number of rotatable bonds is 2. The number of aliphatic hydroxyl groups excluding tert-OH is 1. The Bertz CT molecular complexity index is 1030. The van der Waals surface area contributed by atoms with Crippen LogP contribution >= 0.6 is 0 Å². The topological polar surface area (TPSA) is 71.6 Å². The molecule has 0 radical (unpaired) electrons. The smallest absolute Gasteiger partial charge is 0.158 e. The summed E-state index contributed by atoms with van der Waals surface area (Å²) in [6, 6.07) is 0. The number of epoxide rings is 2. The van der Waals surface area contributed by atoms with E-state index in [1.807, 2.05) is 0 Å². The van der Waals surface area contributed by atoms with Gasteiger partial charge in [-0.25, -0.2) is 0 Å². The van der Waals surface area contributed by atoms with Gasteiger partial charge in [0.1, 0.15) is 17.5 Å². The summed E-state index contributed by atoms with van der Waals surface area (Å²) in [5.41, 5.74) is 1.02. The molecule has 4 aliphatic carbocycles. The highest BCUT2D eigenvalue weighted by molar-refractivity contribution is 5.86. The zero-order chi connectivity index (χ0) is 25.0. The Kier molecular flexibility index (Phi) is 4.30. The lowest BCUT2D eigenvalue weighted by Gasteiger charge is -2.61. The number of carbonyl (C=O) groups is 1. The third-order valence-electron chi connectivity index (χ3n) is 13.1. The third kappa shape index (κ3) is 2.53. The Hall–Kier alpha value is -0.750. The van der Waals surface area contributed by atoms with Gasteiger partial charge in [-0.05, 0) is 80.6 Å². The predicted octanol–water partition coefficient (Wildman–Crippen LogP) is 5.19. The second kappa shape index (κ2) is 6.45. The van der Waals surface area contributed by atoms with E-state index in [4.69, 9.17) is 14.2 Å². The molecule has 0 bridgehead atoms. The monoisotopic (exact) mass is 484 g/mol. The van der Waals surface area contributed by atoms with Crippen LogP contribution in [-0.2, 0) is 19.0 Å². The first-order chi connectivity index (χ1) is 16.2. The van der Waals surface area contributed by atoms with Crippen LogP contribution in [0.1, 0.15) is 93.4 Å². The molecular weight excluding hydrogens is 440 g/mol. The minimum absolute atomic E-state index is 0.00501. The van der Waals surface area contributed by atoms with E-state index in [-0.39, 0.29) is 57.1 Å². The number of ether oxygens (including phenoxy) is 3. The van der Waals surface area contributed by atoms with E-state index >= 15 is 0 Å². The van der Waals surface area contributed by atoms with Crippen molar-refractivity contribution in [2.75, 3.05) is 0 Å². The van der Waals surface area contributed by atoms with Gasteiger partial charge in [-0.1, -0.05) is 40.7 Å². The molecule has 0 amide bonds. The van der Waals surface area contributed by atoms with Crippen LogP contribution in [0.4, 0.5) is 0 Å². The van der Waals surface area contributed by atoms with Gasteiger partial charge >= 0.3 is 0 Å². The number of Topliss-reactive ketones (excluding diaryl/α,β-unsaturated/α-hetero) is 1. The number of allylic oxidation sites excluding steroid dienone is 1. The van der Waals surface area contributed by atoms with Crippen molar-refractivity contribution in [3.05, 3.63) is 11.6 Å². The summed E-state index contributed by atoms with van der Waals surface area (Å²) in [5.74, 6) is 1.32. The third-order valence-corrected chi connectivity index (χ3v) is 13.1. The highest BCUT2D eigenvalue weighted by Gasteiger charge is 2.82. The van der Waals surface area contributed by atoms with Crippen molar-refractivity contribution < 1.29 is 24.1 Å². The fourth-order valence-electron chi connectivity index (χ4n) is 10.7. The Balaban J connectivity index is 1.24. The summed E-state index contributed by atoms with van der Waals surface area (Å²) in [7, 11) is 0. The second-order valence-electron chi connectivity index (χ2n) is 15.0. The summed E-state index contributed by atoms with van der Waals surface area (Å²) in [6.07, 6.45) is 8.94. The lowest BCUT2D eigenvalue weighted by molar-refractivity contribution is -0.142. The van der Waals surface area contributed by atoms with Crippen molar-refractivity contribution in [2.24, 2.45) is 39.4 Å². The van der Waals surface area contributed by atoms with Gasteiger partial charge < -0.3 is 19.3 Å². The van der Waals surface area contributed by atoms with Crippen molar-refractivity contribution in [3.8, 4) is 0 Å². The second-order valence-corrected chi connectivity index (χ2v) is 15.0. The van der Waals surface area contributed by atoms with Gasteiger partial charge in [-0.2, -0.15) is 0 Å². The standard InChI is InChI=1S/C30H44O5/c1-25(2)20-15-22-30(34-22)19(27(20,5)11-10-21(25)31)9-12-28(6)17(8-13-29(28,30)7)16-14-18(33-24(16)32)23-26(3,4)35-23/h9,16-18,20,22-24,32H,8,10-15H2,1-7H3/t16-,17-,18+,20+,22-,23+,24-,27+,28-,29-,30+/m0/s1. The van der Waals surface area contributed by atoms with Crippen LogP contribution in [0.15, 0.2) is 11.6 Å².